The topological polar surface area (TPSA) is 74.8 Å². The SMILES string of the molecule is Cc1ccc(S(=O)(=O)NC(c2ccccc2)c2nc3ccc(C)cc3[nH]2)cc1. The van der Waals surface area contributed by atoms with E-state index in [1.807, 2.05) is 62.4 Å². The van der Waals surface area contributed by atoms with Crippen LogP contribution in [0.1, 0.15) is 28.6 Å². The van der Waals surface area contributed by atoms with Gasteiger partial charge in [-0.25, -0.2) is 13.4 Å². The lowest BCUT2D eigenvalue weighted by Gasteiger charge is -2.17. The highest BCUT2D eigenvalue weighted by Gasteiger charge is 2.25. The van der Waals surface area contributed by atoms with Gasteiger partial charge < -0.3 is 4.98 Å². The Bertz CT molecular complexity index is 1210. The number of fused-ring (bicyclic) bond motifs is 1. The molecule has 28 heavy (non-hydrogen) atoms. The Morgan fingerprint density at radius 2 is 1.57 bits per heavy atom. The molecule has 0 radical (unpaired) electrons. The van der Waals surface area contributed by atoms with Gasteiger partial charge in [0.25, 0.3) is 0 Å². The zero-order valence-electron chi connectivity index (χ0n) is 15.7. The molecule has 0 amide bonds. The number of rotatable bonds is 5. The predicted molar refractivity (Wildman–Crippen MR) is 111 cm³/mol. The van der Waals surface area contributed by atoms with E-state index in [4.69, 9.17) is 0 Å². The molecule has 0 spiro atoms. The molecule has 0 saturated carbocycles. The second-order valence-electron chi connectivity index (χ2n) is 6.92. The average Bonchev–Trinajstić information content (AvgIpc) is 3.10. The van der Waals surface area contributed by atoms with Crippen LogP contribution in [0.15, 0.2) is 77.7 Å². The fraction of sp³-hybridized carbons (Fsp3) is 0.136. The molecule has 3 aromatic carbocycles. The lowest BCUT2D eigenvalue weighted by Crippen LogP contribution is -2.30. The van der Waals surface area contributed by atoms with Gasteiger partial charge in [0.15, 0.2) is 0 Å². The lowest BCUT2D eigenvalue weighted by atomic mass is 10.1. The molecule has 1 heterocycles. The Labute approximate surface area is 164 Å². The Hall–Kier alpha value is -2.96. The van der Waals surface area contributed by atoms with Crippen molar-refractivity contribution in [3.63, 3.8) is 0 Å². The minimum Gasteiger partial charge on any atom is -0.340 e. The molecule has 0 saturated heterocycles. The molecule has 1 unspecified atom stereocenters. The van der Waals surface area contributed by atoms with Crippen LogP contribution in [0.2, 0.25) is 0 Å². The number of hydrogen-bond donors (Lipinski definition) is 2. The minimum atomic E-state index is -3.73. The third kappa shape index (κ3) is 3.69. The van der Waals surface area contributed by atoms with Gasteiger partial charge in [-0.2, -0.15) is 4.72 Å². The average molecular weight is 391 g/mol. The van der Waals surface area contributed by atoms with Crippen molar-refractivity contribution in [1.29, 1.82) is 0 Å². The fourth-order valence-electron chi connectivity index (χ4n) is 3.15. The van der Waals surface area contributed by atoms with Crippen LogP contribution in [-0.2, 0) is 10.0 Å². The van der Waals surface area contributed by atoms with E-state index in [2.05, 4.69) is 14.7 Å². The summed E-state index contributed by atoms with van der Waals surface area (Å²) in [4.78, 5) is 8.15. The van der Waals surface area contributed by atoms with Gasteiger partial charge >= 0.3 is 0 Å². The largest absolute Gasteiger partial charge is 0.340 e. The molecule has 4 aromatic rings. The third-order valence-corrected chi connectivity index (χ3v) is 6.11. The molecular formula is C22H21N3O2S. The number of nitrogens with one attached hydrogen (secondary N) is 2. The van der Waals surface area contributed by atoms with E-state index in [0.717, 1.165) is 27.7 Å². The standard InChI is InChI=1S/C22H21N3O2S/c1-15-8-11-18(12-9-15)28(26,27)25-21(17-6-4-3-5-7-17)22-23-19-13-10-16(2)14-20(19)24-22/h3-14,21,25H,1-2H3,(H,23,24). The summed E-state index contributed by atoms with van der Waals surface area (Å²) in [5, 5.41) is 0. The quantitative estimate of drug-likeness (QED) is 0.534. The zero-order chi connectivity index (χ0) is 19.7. The van der Waals surface area contributed by atoms with Crippen molar-refractivity contribution in [2.45, 2.75) is 24.8 Å². The molecule has 0 fully saturated rings. The molecule has 6 heteroatoms. The van der Waals surface area contributed by atoms with Gasteiger partial charge in [0, 0.05) is 0 Å². The first-order valence-corrected chi connectivity index (χ1v) is 10.5. The summed E-state index contributed by atoms with van der Waals surface area (Å²) in [6.07, 6.45) is 0. The molecule has 2 N–H and O–H groups in total. The van der Waals surface area contributed by atoms with Crippen molar-refractivity contribution in [2.24, 2.45) is 0 Å². The molecule has 0 aliphatic heterocycles. The number of aryl methyl sites for hydroxylation is 2. The van der Waals surface area contributed by atoms with Gasteiger partial charge in [-0.05, 0) is 49.2 Å². The van der Waals surface area contributed by atoms with E-state index < -0.39 is 16.1 Å². The van der Waals surface area contributed by atoms with Gasteiger partial charge in [-0.15, -0.1) is 0 Å². The number of aromatic amines is 1. The van der Waals surface area contributed by atoms with Crippen LogP contribution in [0, 0.1) is 13.8 Å². The van der Waals surface area contributed by atoms with E-state index in [1.54, 1.807) is 24.3 Å². The van der Waals surface area contributed by atoms with Gasteiger partial charge in [0.2, 0.25) is 10.0 Å². The van der Waals surface area contributed by atoms with Crippen molar-refractivity contribution in [1.82, 2.24) is 14.7 Å². The Balaban J connectivity index is 1.78. The Morgan fingerprint density at radius 3 is 2.29 bits per heavy atom. The van der Waals surface area contributed by atoms with Gasteiger partial charge in [0.1, 0.15) is 11.9 Å². The monoisotopic (exact) mass is 391 g/mol. The van der Waals surface area contributed by atoms with Crippen LogP contribution in [0.5, 0.6) is 0 Å². The second kappa shape index (κ2) is 7.22. The summed E-state index contributed by atoms with van der Waals surface area (Å²) in [5.74, 6) is 0.558. The van der Waals surface area contributed by atoms with Crippen molar-refractivity contribution in [3.8, 4) is 0 Å². The number of benzene rings is 3. The van der Waals surface area contributed by atoms with E-state index in [9.17, 15) is 8.42 Å². The molecule has 0 bridgehead atoms. The molecule has 0 aliphatic carbocycles. The van der Waals surface area contributed by atoms with E-state index in [1.165, 1.54) is 0 Å². The highest BCUT2D eigenvalue weighted by atomic mass is 32.2. The maximum Gasteiger partial charge on any atom is 0.241 e. The highest BCUT2D eigenvalue weighted by Crippen LogP contribution is 2.25. The first-order chi connectivity index (χ1) is 13.4. The Kier molecular flexibility index (Phi) is 4.75. The van der Waals surface area contributed by atoms with E-state index >= 15 is 0 Å². The summed E-state index contributed by atoms with van der Waals surface area (Å²) < 4.78 is 28.8. The van der Waals surface area contributed by atoms with Crippen molar-refractivity contribution < 1.29 is 8.42 Å². The van der Waals surface area contributed by atoms with Crippen molar-refractivity contribution in [3.05, 3.63) is 95.3 Å². The zero-order valence-corrected chi connectivity index (χ0v) is 16.5. The minimum absolute atomic E-state index is 0.228. The van der Waals surface area contributed by atoms with Gasteiger partial charge in [0.05, 0.1) is 15.9 Å². The normalized spacial score (nSPS) is 12.9. The predicted octanol–water partition coefficient (Wildman–Crippen LogP) is 4.25. The number of sulfonamides is 1. The summed E-state index contributed by atoms with van der Waals surface area (Å²) in [5.41, 5.74) is 4.61. The van der Waals surface area contributed by atoms with Crippen LogP contribution in [0.3, 0.4) is 0 Å². The van der Waals surface area contributed by atoms with E-state index in [-0.39, 0.29) is 4.90 Å². The number of aromatic nitrogens is 2. The molecule has 1 atom stereocenters. The summed E-state index contributed by atoms with van der Waals surface area (Å²) >= 11 is 0. The maximum atomic E-state index is 13.0. The first-order valence-electron chi connectivity index (χ1n) is 9.02. The number of imidazole rings is 1. The van der Waals surface area contributed by atoms with Crippen molar-refractivity contribution >= 4 is 21.1 Å². The maximum absolute atomic E-state index is 13.0. The molecular weight excluding hydrogens is 370 g/mol. The van der Waals surface area contributed by atoms with Gasteiger partial charge in [-0.3, -0.25) is 0 Å². The fourth-order valence-corrected chi connectivity index (χ4v) is 4.34. The lowest BCUT2D eigenvalue weighted by molar-refractivity contribution is 0.568. The highest BCUT2D eigenvalue weighted by molar-refractivity contribution is 7.89. The number of hydrogen-bond acceptors (Lipinski definition) is 3. The second-order valence-corrected chi connectivity index (χ2v) is 8.63. The van der Waals surface area contributed by atoms with Crippen LogP contribution in [0.4, 0.5) is 0 Å². The molecule has 0 aliphatic rings. The molecule has 1 aromatic heterocycles. The number of nitrogens with zero attached hydrogens (tertiary/aromatic N) is 1. The summed E-state index contributed by atoms with van der Waals surface area (Å²) in [6.45, 7) is 3.93. The van der Waals surface area contributed by atoms with Crippen LogP contribution >= 0.6 is 0 Å². The Morgan fingerprint density at radius 1 is 0.893 bits per heavy atom. The van der Waals surface area contributed by atoms with Gasteiger partial charge in [-0.1, -0.05) is 54.1 Å². The molecule has 4 rings (SSSR count). The smallest absolute Gasteiger partial charge is 0.241 e. The summed E-state index contributed by atoms with van der Waals surface area (Å²) in [7, 11) is -3.73. The molecule has 5 nitrogen and oxygen atoms in total. The van der Waals surface area contributed by atoms with E-state index in [0.29, 0.717) is 5.82 Å². The van der Waals surface area contributed by atoms with Crippen LogP contribution < -0.4 is 4.72 Å². The van der Waals surface area contributed by atoms with Crippen molar-refractivity contribution in [2.75, 3.05) is 0 Å². The van der Waals surface area contributed by atoms with Crippen LogP contribution in [0.25, 0.3) is 11.0 Å². The third-order valence-electron chi connectivity index (χ3n) is 4.67. The van der Waals surface area contributed by atoms with Crippen LogP contribution in [-0.4, -0.2) is 18.4 Å². The molecule has 142 valence electrons. The summed E-state index contributed by atoms with van der Waals surface area (Å²) in [6, 6.07) is 21.5. The number of H-pyrrole nitrogens is 1. The first kappa shape index (κ1) is 18.4.